The minimum atomic E-state index is -0.267. The highest BCUT2D eigenvalue weighted by Gasteiger charge is 2.11. The van der Waals surface area contributed by atoms with E-state index in [9.17, 15) is 4.39 Å². The maximum atomic E-state index is 13.4. The van der Waals surface area contributed by atoms with Crippen molar-refractivity contribution in [2.24, 2.45) is 0 Å². The summed E-state index contributed by atoms with van der Waals surface area (Å²) in [6, 6.07) is 8.35. The third kappa shape index (κ3) is 3.77. The Balaban J connectivity index is 2.14. The lowest BCUT2D eigenvalue weighted by Gasteiger charge is -2.16. The van der Waals surface area contributed by atoms with Gasteiger partial charge in [-0.15, -0.1) is 0 Å². The second-order valence-electron chi connectivity index (χ2n) is 4.45. The van der Waals surface area contributed by atoms with E-state index in [-0.39, 0.29) is 11.9 Å². The van der Waals surface area contributed by atoms with E-state index in [4.69, 9.17) is 4.74 Å². The van der Waals surface area contributed by atoms with E-state index in [0.29, 0.717) is 12.4 Å². The first-order chi connectivity index (χ1) is 9.60. The van der Waals surface area contributed by atoms with Gasteiger partial charge < -0.3 is 10.1 Å². The molecule has 2 aromatic rings. The fourth-order valence-corrected chi connectivity index (χ4v) is 2.02. The van der Waals surface area contributed by atoms with Gasteiger partial charge in [-0.05, 0) is 60.2 Å². The van der Waals surface area contributed by atoms with Crippen LogP contribution in [-0.4, -0.2) is 12.0 Å². The molecule has 0 aliphatic heterocycles. The number of aromatic nitrogens is 1. The third-order valence-corrected chi connectivity index (χ3v) is 3.50. The molecule has 1 aromatic heterocycles. The van der Waals surface area contributed by atoms with Gasteiger partial charge in [0.25, 0.3) is 0 Å². The molecule has 0 aliphatic carbocycles. The maximum absolute atomic E-state index is 13.4. The maximum Gasteiger partial charge on any atom is 0.130 e. The van der Waals surface area contributed by atoms with Crippen LogP contribution in [0.4, 0.5) is 4.39 Å². The molecule has 1 aromatic carbocycles. The van der Waals surface area contributed by atoms with Gasteiger partial charge >= 0.3 is 0 Å². The Morgan fingerprint density at radius 3 is 2.80 bits per heavy atom. The fraction of sp³-hybridized carbons (Fsp3) is 0.267. The summed E-state index contributed by atoms with van der Waals surface area (Å²) in [5.74, 6) is 0.397. The molecule has 20 heavy (non-hydrogen) atoms. The molecule has 106 valence electrons. The number of ether oxygens (including phenoxy) is 1. The highest BCUT2D eigenvalue weighted by molar-refractivity contribution is 9.10. The largest absolute Gasteiger partial charge is 0.487 e. The Morgan fingerprint density at radius 1 is 1.35 bits per heavy atom. The monoisotopic (exact) mass is 338 g/mol. The van der Waals surface area contributed by atoms with Crippen LogP contribution in [0.2, 0.25) is 0 Å². The molecule has 0 bridgehead atoms. The molecule has 0 aliphatic rings. The van der Waals surface area contributed by atoms with Crippen LogP contribution < -0.4 is 10.1 Å². The van der Waals surface area contributed by atoms with Crippen molar-refractivity contribution >= 4 is 15.9 Å². The predicted octanol–water partition coefficient (Wildman–Crippen LogP) is 3.84. The second kappa shape index (κ2) is 6.81. The smallest absolute Gasteiger partial charge is 0.130 e. The van der Waals surface area contributed by atoms with Crippen LogP contribution in [-0.2, 0) is 6.61 Å². The van der Waals surface area contributed by atoms with Crippen molar-refractivity contribution in [1.29, 1.82) is 0 Å². The van der Waals surface area contributed by atoms with Crippen molar-refractivity contribution in [3.8, 4) is 5.75 Å². The Labute approximate surface area is 126 Å². The van der Waals surface area contributed by atoms with Gasteiger partial charge in [0.2, 0.25) is 0 Å². The quantitative estimate of drug-likeness (QED) is 0.899. The molecule has 2 rings (SSSR count). The molecule has 0 radical (unpaired) electrons. The lowest BCUT2D eigenvalue weighted by molar-refractivity contribution is 0.295. The summed E-state index contributed by atoms with van der Waals surface area (Å²) in [4.78, 5) is 4.24. The summed E-state index contributed by atoms with van der Waals surface area (Å²) in [6.45, 7) is 2.31. The molecule has 1 N–H and O–H groups in total. The second-order valence-corrected chi connectivity index (χ2v) is 5.36. The summed E-state index contributed by atoms with van der Waals surface area (Å²) in [7, 11) is 1.83. The third-order valence-electron chi connectivity index (χ3n) is 3.04. The molecule has 0 spiro atoms. The minimum Gasteiger partial charge on any atom is -0.487 e. The number of benzene rings is 1. The lowest BCUT2D eigenvalue weighted by atomic mass is 10.1. The van der Waals surface area contributed by atoms with E-state index < -0.39 is 0 Å². The van der Waals surface area contributed by atoms with Gasteiger partial charge in [0.05, 0.1) is 5.69 Å². The zero-order valence-corrected chi connectivity index (χ0v) is 12.9. The molecule has 3 nitrogen and oxygen atoms in total. The molecule has 0 saturated heterocycles. The summed E-state index contributed by atoms with van der Waals surface area (Å²) in [5.41, 5.74) is 1.62. The van der Waals surface area contributed by atoms with Crippen molar-refractivity contribution in [1.82, 2.24) is 10.3 Å². The summed E-state index contributed by atoms with van der Waals surface area (Å²) in [6.07, 6.45) is 1.72. The summed E-state index contributed by atoms with van der Waals surface area (Å²) in [5, 5.41) is 3.09. The van der Waals surface area contributed by atoms with E-state index in [1.54, 1.807) is 12.3 Å². The Bertz CT molecular complexity index is 575. The van der Waals surface area contributed by atoms with Crippen LogP contribution in [0.25, 0.3) is 0 Å². The number of rotatable bonds is 5. The highest BCUT2D eigenvalue weighted by Crippen LogP contribution is 2.26. The predicted molar refractivity (Wildman–Crippen MR) is 80.1 cm³/mol. The standard InChI is InChI=1S/C15H16BrFN2O/c1-10(18-2)14-7-12(17)4-6-15(14)20-9-13-5-3-11(16)8-19-13/h3-8,10,18H,9H2,1-2H3. The average molecular weight is 339 g/mol. The number of hydrogen-bond donors (Lipinski definition) is 1. The molecule has 0 saturated carbocycles. The van der Waals surface area contributed by atoms with Crippen LogP contribution in [0, 0.1) is 5.82 Å². The van der Waals surface area contributed by atoms with Crippen LogP contribution in [0.1, 0.15) is 24.2 Å². The van der Waals surface area contributed by atoms with Crippen LogP contribution in [0.15, 0.2) is 41.0 Å². The molecule has 1 heterocycles. The van der Waals surface area contributed by atoms with Crippen molar-refractivity contribution < 1.29 is 9.13 Å². The topological polar surface area (TPSA) is 34.1 Å². The normalized spacial score (nSPS) is 12.2. The Hall–Kier alpha value is -1.46. The van der Waals surface area contributed by atoms with Gasteiger partial charge in [0.1, 0.15) is 18.2 Å². The minimum absolute atomic E-state index is 0.0126. The van der Waals surface area contributed by atoms with E-state index in [2.05, 4.69) is 26.2 Å². The van der Waals surface area contributed by atoms with Crippen molar-refractivity contribution in [3.63, 3.8) is 0 Å². The molecular formula is C15H16BrFN2O. The first kappa shape index (κ1) is 14.9. The Kier molecular flexibility index (Phi) is 5.09. The van der Waals surface area contributed by atoms with E-state index in [1.807, 2.05) is 26.1 Å². The van der Waals surface area contributed by atoms with Gasteiger partial charge in [0.15, 0.2) is 0 Å². The van der Waals surface area contributed by atoms with Crippen LogP contribution in [0.3, 0.4) is 0 Å². The summed E-state index contributed by atoms with van der Waals surface area (Å²) >= 11 is 3.34. The first-order valence-corrected chi connectivity index (χ1v) is 7.09. The number of nitrogens with one attached hydrogen (secondary N) is 1. The molecular weight excluding hydrogens is 323 g/mol. The van der Waals surface area contributed by atoms with Gasteiger partial charge in [-0.1, -0.05) is 0 Å². The molecule has 1 atom stereocenters. The van der Waals surface area contributed by atoms with Crippen LogP contribution >= 0.6 is 15.9 Å². The number of halogens is 2. The number of nitrogens with zero attached hydrogens (tertiary/aromatic N) is 1. The van der Waals surface area contributed by atoms with E-state index in [1.165, 1.54) is 12.1 Å². The molecule has 0 fully saturated rings. The zero-order valence-electron chi connectivity index (χ0n) is 11.4. The number of hydrogen-bond acceptors (Lipinski definition) is 3. The number of pyridine rings is 1. The van der Waals surface area contributed by atoms with Gasteiger partial charge in [-0.2, -0.15) is 0 Å². The van der Waals surface area contributed by atoms with Crippen molar-refractivity contribution in [2.45, 2.75) is 19.6 Å². The molecule has 5 heteroatoms. The van der Waals surface area contributed by atoms with E-state index >= 15 is 0 Å². The van der Waals surface area contributed by atoms with Gasteiger partial charge in [-0.3, -0.25) is 4.98 Å². The first-order valence-electron chi connectivity index (χ1n) is 6.30. The zero-order chi connectivity index (χ0) is 14.5. The highest BCUT2D eigenvalue weighted by atomic mass is 79.9. The van der Waals surface area contributed by atoms with Gasteiger partial charge in [0, 0.05) is 22.3 Å². The SMILES string of the molecule is CNC(C)c1cc(F)ccc1OCc1ccc(Br)cn1. The molecule has 1 unspecified atom stereocenters. The van der Waals surface area contributed by atoms with Crippen LogP contribution in [0.5, 0.6) is 5.75 Å². The Morgan fingerprint density at radius 2 is 2.15 bits per heavy atom. The van der Waals surface area contributed by atoms with Crippen molar-refractivity contribution in [3.05, 3.63) is 58.1 Å². The van der Waals surface area contributed by atoms with Gasteiger partial charge in [-0.25, -0.2) is 4.39 Å². The van der Waals surface area contributed by atoms with Crippen molar-refractivity contribution in [2.75, 3.05) is 7.05 Å². The fourth-order valence-electron chi connectivity index (χ4n) is 1.79. The average Bonchev–Trinajstić information content (AvgIpc) is 2.46. The lowest BCUT2D eigenvalue weighted by Crippen LogP contribution is -2.14. The van der Waals surface area contributed by atoms with E-state index in [0.717, 1.165) is 15.7 Å². The summed E-state index contributed by atoms with van der Waals surface area (Å²) < 4.78 is 20.0. The molecule has 0 amide bonds.